The number of benzene rings is 2. The number of amides is 2. The monoisotopic (exact) mass is 462 g/mol. The average Bonchev–Trinajstić information content (AvgIpc) is 2.99. The van der Waals surface area contributed by atoms with Gasteiger partial charge in [-0.2, -0.15) is 8.42 Å². The van der Waals surface area contributed by atoms with Crippen molar-refractivity contribution in [2.24, 2.45) is 0 Å². The van der Waals surface area contributed by atoms with E-state index in [2.05, 4.69) is 0 Å². The van der Waals surface area contributed by atoms with Crippen molar-refractivity contribution in [2.75, 3.05) is 24.5 Å². The molecular weight excluding hydrogens is 447 g/mol. The Morgan fingerprint density at radius 2 is 1.64 bits per heavy atom. The lowest BCUT2D eigenvalue weighted by Crippen LogP contribution is -2.32. The Labute approximate surface area is 178 Å². The Kier molecular flexibility index (Phi) is 6.29. The number of anilines is 1. The van der Waals surface area contributed by atoms with Gasteiger partial charge in [0.25, 0.3) is 0 Å². The van der Waals surface area contributed by atoms with Crippen LogP contribution in [0, 0.1) is 0 Å². The predicted octanol–water partition coefficient (Wildman–Crippen LogP) is 5.07. The summed E-state index contributed by atoms with van der Waals surface area (Å²) in [5.41, 5.74) is 0.616. The smallest absolute Gasteiger partial charge is 0.339 e. The van der Waals surface area contributed by atoms with E-state index >= 15 is 0 Å². The number of urea groups is 1. The fraction of sp³-hybridized carbons (Fsp3) is 0.278. The van der Waals surface area contributed by atoms with Crippen LogP contribution in [0.5, 0.6) is 5.75 Å². The Balaban J connectivity index is 1.80. The van der Waals surface area contributed by atoms with Gasteiger partial charge in [0.15, 0.2) is 5.75 Å². The predicted molar refractivity (Wildman–Crippen MR) is 110 cm³/mol. The Morgan fingerprint density at radius 1 is 1.04 bits per heavy atom. The fourth-order valence-electron chi connectivity index (χ4n) is 2.86. The quantitative estimate of drug-likeness (QED) is 0.561. The van der Waals surface area contributed by atoms with Crippen LogP contribution in [0.2, 0.25) is 15.1 Å². The second-order valence-corrected chi connectivity index (χ2v) is 8.95. The minimum absolute atomic E-state index is 0.0172. The topological polar surface area (TPSA) is 66.9 Å². The van der Waals surface area contributed by atoms with Crippen LogP contribution in [0.1, 0.15) is 13.3 Å². The summed E-state index contributed by atoms with van der Waals surface area (Å²) in [5, 5.41) is 0.226. The average molecular weight is 464 g/mol. The first-order valence-corrected chi connectivity index (χ1v) is 11.0. The van der Waals surface area contributed by atoms with E-state index in [1.165, 1.54) is 24.3 Å². The van der Waals surface area contributed by atoms with Crippen LogP contribution in [-0.2, 0) is 10.1 Å². The minimum Gasteiger partial charge on any atom is -0.376 e. The maximum atomic E-state index is 12.6. The Bertz CT molecular complexity index is 973. The summed E-state index contributed by atoms with van der Waals surface area (Å²) in [4.78, 5) is 15.7. The molecule has 0 aliphatic carbocycles. The molecule has 1 aliphatic heterocycles. The molecule has 1 aliphatic rings. The molecule has 0 aromatic heterocycles. The number of rotatable bonds is 6. The van der Waals surface area contributed by atoms with Gasteiger partial charge in [0.2, 0.25) is 0 Å². The molecule has 2 amide bonds. The van der Waals surface area contributed by atoms with E-state index in [9.17, 15) is 13.2 Å². The molecule has 3 rings (SSSR count). The standard InChI is InChI=1S/C18H17Cl3N2O4S/c1-2-7-22-8-9-23(18(22)24)13-3-5-14(6-4-13)28(25,26)27-17-15(20)10-12(19)11-16(17)21/h3-6,10-11H,2,7-9H2,1H3. The zero-order chi connectivity index (χ0) is 20.5. The van der Waals surface area contributed by atoms with Crippen molar-refractivity contribution >= 4 is 56.6 Å². The third-order valence-electron chi connectivity index (χ3n) is 4.18. The van der Waals surface area contributed by atoms with Crippen molar-refractivity contribution in [3.8, 4) is 5.75 Å². The SMILES string of the molecule is CCCN1CCN(c2ccc(S(=O)(=O)Oc3c(Cl)cc(Cl)cc3Cl)cc2)C1=O. The summed E-state index contributed by atoms with van der Waals surface area (Å²) in [6.45, 7) is 3.90. The summed E-state index contributed by atoms with van der Waals surface area (Å²) in [6, 6.07) is 8.46. The van der Waals surface area contributed by atoms with Gasteiger partial charge in [-0.05, 0) is 42.8 Å². The van der Waals surface area contributed by atoms with Gasteiger partial charge in [-0.1, -0.05) is 41.7 Å². The van der Waals surface area contributed by atoms with E-state index in [1.54, 1.807) is 21.9 Å². The lowest BCUT2D eigenvalue weighted by Gasteiger charge is -2.18. The lowest BCUT2D eigenvalue weighted by molar-refractivity contribution is 0.220. The molecule has 0 radical (unpaired) electrons. The van der Waals surface area contributed by atoms with Crippen molar-refractivity contribution < 1.29 is 17.4 Å². The van der Waals surface area contributed by atoms with Crippen LogP contribution in [0.15, 0.2) is 41.3 Å². The van der Waals surface area contributed by atoms with E-state index < -0.39 is 10.1 Å². The van der Waals surface area contributed by atoms with E-state index in [-0.39, 0.29) is 31.7 Å². The van der Waals surface area contributed by atoms with Crippen molar-refractivity contribution in [1.82, 2.24) is 4.90 Å². The molecule has 0 spiro atoms. The highest BCUT2D eigenvalue weighted by molar-refractivity contribution is 7.87. The molecule has 2 aromatic rings. The molecule has 28 heavy (non-hydrogen) atoms. The summed E-state index contributed by atoms with van der Waals surface area (Å²) in [5.74, 6) is -0.193. The molecule has 0 unspecified atom stereocenters. The van der Waals surface area contributed by atoms with Gasteiger partial charge < -0.3 is 9.08 Å². The maximum Gasteiger partial charge on any atom is 0.339 e. The highest BCUT2D eigenvalue weighted by Crippen LogP contribution is 2.37. The molecule has 0 N–H and O–H groups in total. The van der Waals surface area contributed by atoms with Crippen molar-refractivity contribution in [2.45, 2.75) is 18.2 Å². The van der Waals surface area contributed by atoms with Gasteiger partial charge in [-0.25, -0.2) is 4.79 Å². The minimum atomic E-state index is -4.17. The fourth-order valence-corrected chi connectivity index (χ4v) is 4.81. The number of hydrogen-bond acceptors (Lipinski definition) is 4. The van der Waals surface area contributed by atoms with Crippen LogP contribution in [0.4, 0.5) is 10.5 Å². The molecule has 2 aromatic carbocycles. The number of nitrogens with zero attached hydrogens (tertiary/aromatic N) is 2. The first-order valence-electron chi connectivity index (χ1n) is 8.48. The van der Waals surface area contributed by atoms with Crippen molar-refractivity contribution in [3.63, 3.8) is 0 Å². The van der Waals surface area contributed by atoms with Gasteiger partial charge >= 0.3 is 16.1 Å². The second kappa shape index (κ2) is 8.37. The molecule has 6 nitrogen and oxygen atoms in total. The molecule has 1 heterocycles. The highest BCUT2D eigenvalue weighted by atomic mass is 35.5. The van der Waals surface area contributed by atoms with Gasteiger partial charge in [-0.3, -0.25) is 4.90 Å². The van der Waals surface area contributed by atoms with Crippen molar-refractivity contribution in [1.29, 1.82) is 0 Å². The van der Waals surface area contributed by atoms with Gasteiger partial charge in [0.05, 0.1) is 10.0 Å². The van der Waals surface area contributed by atoms with Crippen LogP contribution < -0.4 is 9.08 Å². The maximum absolute atomic E-state index is 12.6. The molecule has 150 valence electrons. The van der Waals surface area contributed by atoms with Crippen LogP contribution in [0.3, 0.4) is 0 Å². The number of carbonyl (C=O) groups is 1. The number of hydrogen-bond donors (Lipinski definition) is 0. The zero-order valence-corrected chi connectivity index (χ0v) is 17.9. The largest absolute Gasteiger partial charge is 0.376 e. The first-order chi connectivity index (χ1) is 13.2. The van der Waals surface area contributed by atoms with E-state index in [0.29, 0.717) is 25.3 Å². The molecule has 0 atom stereocenters. The van der Waals surface area contributed by atoms with Crippen LogP contribution in [0.25, 0.3) is 0 Å². The van der Waals surface area contributed by atoms with Gasteiger partial charge in [0.1, 0.15) is 4.90 Å². The van der Waals surface area contributed by atoms with Crippen molar-refractivity contribution in [3.05, 3.63) is 51.5 Å². The molecule has 1 saturated heterocycles. The first kappa shape index (κ1) is 21.0. The third kappa shape index (κ3) is 4.33. The summed E-state index contributed by atoms with van der Waals surface area (Å²) >= 11 is 17.8. The molecule has 0 bridgehead atoms. The lowest BCUT2D eigenvalue weighted by atomic mass is 10.3. The second-order valence-electron chi connectivity index (χ2n) is 6.15. The van der Waals surface area contributed by atoms with Crippen LogP contribution >= 0.6 is 34.8 Å². The zero-order valence-electron chi connectivity index (χ0n) is 14.9. The number of halogens is 3. The molecule has 0 saturated carbocycles. The number of carbonyl (C=O) groups excluding carboxylic acids is 1. The van der Waals surface area contributed by atoms with E-state index in [0.717, 1.165) is 6.42 Å². The van der Waals surface area contributed by atoms with E-state index in [4.69, 9.17) is 39.0 Å². The van der Waals surface area contributed by atoms with Gasteiger partial charge in [-0.15, -0.1) is 0 Å². The molecular formula is C18H17Cl3N2O4S. The summed E-state index contributed by atoms with van der Waals surface area (Å²) in [6.07, 6.45) is 0.879. The Hall–Kier alpha value is -1.67. The van der Waals surface area contributed by atoms with Gasteiger partial charge in [0, 0.05) is 30.3 Å². The Morgan fingerprint density at radius 3 is 2.21 bits per heavy atom. The summed E-state index contributed by atoms with van der Waals surface area (Å²) < 4.78 is 30.2. The normalized spacial score (nSPS) is 14.6. The molecule has 10 heteroatoms. The highest BCUT2D eigenvalue weighted by Gasteiger charge is 2.29. The third-order valence-corrected chi connectivity index (χ3v) is 6.20. The van der Waals surface area contributed by atoms with E-state index in [1.807, 2.05) is 6.92 Å². The van der Waals surface area contributed by atoms with Crippen LogP contribution in [-0.4, -0.2) is 39.0 Å². The summed E-state index contributed by atoms with van der Waals surface area (Å²) in [7, 11) is -4.17. The molecule has 1 fully saturated rings.